The first-order chi connectivity index (χ1) is 6.58. The molecule has 0 aliphatic carbocycles. The van der Waals surface area contributed by atoms with Crippen molar-refractivity contribution in [3.8, 4) is 0 Å². The SMILES string of the molecule is CC1CC2CC(C)C(C)NC2NC1C. The zero-order chi connectivity index (χ0) is 10.3. The smallest absolute Gasteiger partial charge is 0.0605 e. The molecular weight excluding hydrogens is 172 g/mol. The van der Waals surface area contributed by atoms with Gasteiger partial charge < -0.3 is 0 Å². The highest BCUT2D eigenvalue weighted by atomic mass is 15.2. The van der Waals surface area contributed by atoms with Gasteiger partial charge in [-0.3, -0.25) is 10.6 Å². The van der Waals surface area contributed by atoms with E-state index in [0.29, 0.717) is 18.2 Å². The van der Waals surface area contributed by atoms with E-state index in [1.165, 1.54) is 12.8 Å². The van der Waals surface area contributed by atoms with Crippen molar-refractivity contribution < 1.29 is 0 Å². The Labute approximate surface area is 87.8 Å². The molecule has 0 radical (unpaired) electrons. The molecule has 4 unspecified atom stereocenters. The number of piperidine rings is 2. The molecule has 2 rings (SSSR count). The lowest BCUT2D eigenvalue weighted by Gasteiger charge is -2.47. The summed E-state index contributed by atoms with van der Waals surface area (Å²) in [6.45, 7) is 9.36. The number of nitrogens with one attached hydrogen (secondary N) is 2. The first-order valence-electron chi connectivity index (χ1n) is 6.10. The molecule has 0 saturated carbocycles. The van der Waals surface area contributed by atoms with Gasteiger partial charge in [-0.1, -0.05) is 13.8 Å². The largest absolute Gasteiger partial charge is 0.299 e. The second kappa shape index (κ2) is 3.82. The number of hydrogen-bond acceptors (Lipinski definition) is 2. The van der Waals surface area contributed by atoms with Gasteiger partial charge in [-0.15, -0.1) is 0 Å². The number of hydrogen-bond donors (Lipinski definition) is 2. The van der Waals surface area contributed by atoms with Gasteiger partial charge in [0.15, 0.2) is 0 Å². The van der Waals surface area contributed by atoms with E-state index in [4.69, 9.17) is 0 Å². The molecule has 82 valence electrons. The second-order valence-corrected chi connectivity index (χ2v) is 5.57. The molecule has 2 aliphatic rings. The zero-order valence-corrected chi connectivity index (χ0v) is 9.88. The normalized spacial score (nSPS) is 54.0. The van der Waals surface area contributed by atoms with Crippen LogP contribution >= 0.6 is 0 Å². The molecule has 0 amide bonds. The van der Waals surface area contributed by atoms with Crippen molar-refractivity contribution in [2.24, 2.45) is 17.8 Å². The van der Waals surface area contributed by atoms with E-state index in [1.54, 1.807) is 0 Å². The van der Waals surface area contributed by atoms with Crippen LogP contribution in [0.4, 0.5) is 0 Å². The van der Waals surface area contributed by atoms with E-state index in [9.17, 15) is 0 Å². The molecule has 0 aromatic rings. The van der Waals surface area contributed by atoms with Crippen LogP contribution in [0.1, 0.15) is 40.5 Å². The lowest BCUT2D eigenvalue weighted by atomic mass is 9.76. The second-order valence-electron chi connectivity index (χ2n) is 5.57. The molecule has 14 heavy (non-hydrogen) atoms. The molecule has 2 heteroatoms. The average molecular weight is 196 g/mol. The molecule has 2 nitrogen and oxygen atoms in total. The van der Waals surface area contributed by atoms with Gasteiger partial charge in [0, 0.05) is 12.1 Å². The highest BCUT2D eigenvalue weighted by Crippen LogP contribution is 2.33. The van der Waals surface area contributed by atoms with E-state index < -0.39 is 0 Å². The zero-order valence-electron chi connectivity index (χ0n) is 9.88. The minimum Gasteiger partial charge on any atom is -0.299 e. The third-order valence-electron chi connectivity index (χ3n) is 4.41. The molecule has 4 atom stereocenters. The summed E-state index contributed by atoms with van der Waals surface area (Å²) in [4.78, 5) is 0. The Kier molecular flexibility index (Phi) is 2.85. The summed E-state index contributed by atoms with van der Waals surface area (Å²) in [6, 6.07) is 1.34. The summed E-state index contributed by atoms with van der Waals surface area (Å²) in [6.07, 6.45) is 3.36. The summed E-state index contributed by atoms with van der Waals surface area (Å²) >= 11 is 0. The molecule has 2 fully saturated rings. The van der Waals surface area contributed by atoms with Gasteiger partial charge in [0.2, 0.25) is 0 Å². The van der Waals surface area contributed by atoms with Gasteiger partial charge in [-0.25, -0.2) is 0 Å². The monoisotopic (exact) mass is 196 g/mol. The van der Waals surface area contributed by atoms with Crippen molar-refractivity contribution in [1.82, 2.24) is 10.6 Å². The van der Waals surface area contributed by atoms with Crippen molar-refractivity contribution in [3.05, 3.63) is 0 Å². The van der Waals surface area contributed by atoms with Crippen LogP contribution in [-0.2, 0) is 0 Å². The molecule has 0 aromatic carbocycles. The molecule has 0 spiro atoms. The maximum atomic E-state index is 3.71. The predicted molar refractivity (Wildman–Crippen MR) is 60.0 cm³/mol. The molecule has 0 bridgehead atoms. The standard InChI is InChI=1S/C12H24N2/c1-7-5-11-6-8(2)10(4)14-12(11)13-9(7)3/h7-14H,5-6H2,1-4H3. The maximum Gasteiger partial charge on any atom is 0.0605 e. The van der Waals surface area contributed by atoms with Crippen LogP contribution < -0.4 is 10.6 Å². The average Bonchev–Trinajstić information content (AvgIpc) is 2.11. The maximum absolute atomic E-state index is 3.71. The Hall–Kier alpha value is -0.0800. The molecule has 2 heterocycles. The fraction of sp³-hybridized carbons (Fsp3) is 1.00. The van der Waals surface area contributed by atoms with E-state index in [2.05, 4.69) is 38.3 Å². The molecular formula is C12H24N2. The Bertz CT molecular complexity index is 162. The van der Waals surface area contributed by atoms with Gasteiger partial charge in [-0.05, 0) is 44.4 Å². The topological polar surface area (TPSA) is 24.1 Å². The van der Waals surface area contributed by atoms with Gasteiger partial charge in [0.05, 0.1) is 6.17 Å². The Morgan fingerprint density at radius 1 is 0.786 bits per heavy atom. The molecule has 2 saturated heterocycles. The van der Waals surface area contributed by atoms with Gasteiger partial charge >= 0.3 is 0 Å². The first-order valence-corrected chi connectivity index (χ1v) is 6.10. The lowest BCUT2D eigenvalue weighted by molar-refractivity contribution is 0.0792. The van der Waals surface area contributed by atoms with E-state index >= 15 is 0 Å². The van der Waals surface area contributed by atoms with E-state index in [0.717, 1.165) is 17.8 Å². The number of fused-ring (bicyclic) bond motifs is 1. The highest BCUT2D eigenvalue weighted by Gasteiger charge is 2.37. The summed E-state index contributed by atoms with van der Waals surface area (Å²) in [5.74, 6) is 2.52. The van der Waals surface area contributed by atoms with Crippen LogP contribution in [0, 0.1) is 17.8 Å². The van der Waals surface area contributed by atoms with Crippen molar-refractivity contribution in [2.75, 3.05) is 0 Å². The van der Waals surface area contributed by atoms with Crippen molar-refractivity contribution >= 4 is 0 Å². The van der Waals surface area contributed by atoms with Crippen molar-refractivity contribution in [3.63, 3.8) is 0 Å². The van der Waals surface area contributed by atoms with Gasteiger partial charge in [-0.2, -0.15) is 0 Å². The fourth-order valence-electron chi connectivity index (χ4n) is 2.95. The predicted octanol–water partition coefficient (Wildman–Crippen LogP) is 1.96. The van der Waals surface area contributed by atoms with Gasteiger partial charge in [0.1, 0.15) is 0 Å². The van der Waals surface area contributed by atoms with Crippen LogP contribution in [0.3, 0.4) is 0 Å². The van der Waals surface area contributed by atoms with Crippen molar-refractivity contribution in [2.45, 2.75) is 58.8 Å². The van der Waals surface area contributed by atoms with Crippen LogP contribution in [0.5, 0.6) is 0 Å². The van der Waals surface area contributed by atoms with E-state index in [1.807, 2.05) is 0 Å². The van der Waals surface area contributed by atoms with Crippen LogP contribution in [0.2, 0.25) is 0 Å². The fourth-order valence-corrected chi connectivity index (χ4v) is 2.95. The third-order valence-corrected chi connectivity index (χ3v) is 4.41. The third kappa shape index (κ3) is 1.82. The molecule has 2 N–H and O–H groups in total. The Morgan fingerprint density at radius 3 is 1.64 bits per heavy atom. The molecule has 0 aromatic heterocycles. The van der Waals surface area contributed by atoms with E-state index in [-0.39, 0.29) is 0 Å². The van der Waals surface area contributed by atoms with Crippen LogP contribution in [0.25, 0.3) is 0 Å². The van der Waals surface area contributed by atoms with Gasteiger partial charge in [0.25, 0.3) is 0 Å². The van der Waals surface area contributed by atoms with Crippen LogP contribution in [-0.4, -0.2) is 18.2 Å². The first kappa shape index (κ1) is 10.4. The quantitative estimate of drug-likeness (QED) is 0.619. The summed E-state index contributed by atoms with van der Waals surface area (Å²) in [5.41, 5.74) is 0. The summed E-state index contributed by atoms with van der Waals surface area (Å²) in [5, 5.41) is 7.42. The minimum absolute atomic E-state index is 0.576. The van der Waals surface area contributed by atoms with Crippen LogP contribution in [0.15, 0.2) is 0 Å². The minimum atomic E-state index is 0.576. The Balaban J connectivity index is 2.01. The highest BCUT2D eigenvalue weighted by molar-refractivity contribution is 4.93. The lowest BCUT2D eigenvalue weighted by Crippen LogP contribution is -2.63. The molecule has 2 aliphatic heterocycles. The summed E-state index contributed by atoms with van der Waals surface area (Å²) < 4.78 is 0. The van der Waals surface area contributed by atoms with Crippen molar-refractivity contribution in [1.29, 1.82) is 0 Å². The number of rotatable bonds is 0. The summed E-state index contributed by atoms with van der Waals surface area (Å²) in [7, 11) is 0. The Morgan fingerprint density at radius 2 is 1.21 bits per heavy atom.